The first-order chi connectivity index (χ1) is 2.56. The monoisotopic (exact) mass is 136 g/mol. The van der Waals surface area contributed by atoms with Crippen LogP contribution in [0.1, 0.15) is 1.43 Å². The third kappa shape index (κ3) is 10.9. The number of phosphoric acid groups is 1. The zero-order valence-electron chi connectivity index (χ0n) is 5.16. The van der Waals surface area contributed by atoms with E-state index in [2.05, 4.69) is 4.21 Å². The van der Waals surface area contributed by atoms with Crippen LogP contribution in [0.25, 0.3) is 0 Å². The molecule has 0 aromatic rings. The third-order valence-electron chi connectivity index (χ3n) is 0.238. The van der Waals surface area contributed by atoms with Gasteiger partial charge in [-0.1, -0.05) is 0 Å². The van der Waals surface area contributed by atoms with Gasteiger partial charge in [0.15, 0.2) is 10.5 Å². The van der Waals surface area contributed by atoms with Crippen molar-refractivity contribution < 1.29 is 38.9 Å². The molecule has 0 unspecified atom stereocenters. The molecule has 0 saturated heterocycles. The second-order valence-electron chi connectivity index (χ2n) is 0.673. The number of hydrogen-bond donors (Lipinski definition) is 2. The van der Waals surface area contributed by atoms with Crippen LogP contribution in [-0.4, -0.2) is 20.3 Å². The van der Waals surface area contributed by atoms with Crippen molar-refractivity contribution in [3.63, 3.8) is 0 Å². The Kier molecular flexibility index (Phi) is 5.99. The average molecular weight is 136 g/mol. The van der Waals surface area contributed by atoms with Gasteiger partial charge >= 0.3 is 26.7 Å². The Balaban J connectivity index is -0.000000125. The Morgan fingerprint density at radius 2 is 1.86 bits per heavy atom. The zero-order chi connectivity index (χ0) is 5.21. The van der Waals surface area contributed by atoms with Gasteiger partial charge in [0.25, 0.3) is 0 Å². The number of hydrogen-bond acceptors (Lipinski definition) is 2. The molecule has 0 saturated carbocycles. The van der Waals surface area contributed by atoms with Crippen LogP contribution in [0.15, 0.2) is 0 Å². The van der Waals surface area contributed by atoms with Crippen LogP contribution in [0, 0.1) is 0 Å². The fourth-order valence-electron chi connectivity index (χ4n) is 0. The molecule has 2 N–H and O–H groups in total. The van der Waals surface area contributed by atoms with Gasteiger partial charge in [0.2, 0.25) is 0 Å². The van der Waals surface area contributed by atoms with Crippen LogP contribution >= 0.6 is 7.82 Å². The molecule has 0 heterocycles. The SMILES string of the molecule is O=P(O)(O)O[SiH3].[H-].[Li+]. The quantitative estimate of drug-likeness (QED) is 0.281. The molecule has 0 fully saturated rings. The summed E-state index contributed by atoms with van der Waals surface area (Å²) in [6.07, 6.45) is 0. The molecule has 7 heteroatoms. The molecule has 4 nitrogen and oxygen atoms in total. The second kappa shape index (κ2) is 3.87. The fraction of sp³-hybridized carbons (Fsp3) is 0. The van der Waals surface area contributed by atoms with Gasteiger partial charge in [0.05, 0.1) is 0 Å². The molecule has 0 aromatic carbocycles. The summed E-state index contributed by atoms with van der Waals surface area (Å²) in [6, 6.07) is 0. The van der Waals surface area contributed by atoms with Crippen molar-refractivity contribution in [1.29, 1.82) is 0 Å². The van der Waals surface area contributed by atoms with Crippen LogP contribution < -0.4 is 18.9 Å². The Labute approximate surface area is 57.7 Å². The van der Waals surface area contributed by atoms with E-state index >= 15 is 0 Å². The van der Waals surface area contributed by atoms with E-state index in [9.17, 15) is 4.57 Å². The van der Waals surface area contributed by atoms with Crippen molar-refractivity contribution in [1.82, 2.24) is 0 Å². The first-order valence-electron chi connectivity index (χ1n) is 1.17. The summed E-state index contributed by atoms with van der Waals surface area (Å²) in [5.74, 6) is 0. The van der Waals surface area contributed by atoms with Crippen molar-refractivity contribution in [2.24, 2.45) is 0 Å². The molecule has 0 radical (unpaired) electrons. The van der Waals surface area contributed by atoms with Gasteiger partial charge in [-0.3, -0.25) is 0 Å². The molecule has 0 rings (SSSR count). The van der Waals surface area contributed by atoms with E-state index in [0.29, 0.717) is 0 Å². The first-order valence-corrected chi connectivity index (χ1v) is 3.52. The summed E-state index contributed by atoms with van der Waals surface area (Å²) >= 11 is 0. The second-order valence-corrected chi connectivity index (χ2v) is 3.11. The summed E-state index contributed by atoms with van der Waals surface area (Å²) in [7, 11) is -4.00. The van der Waals surface area contributed by atoms with Gasteiger partial charge in [0.1, 0.15) is 0 Å². The maximum absolute atomic E-state index is 9.51. The van der Waals surface area contributed by atoms with Crippen molar-refractivity contribution >= 4 is 18.3 Å². The van der Waals surface area contributed by atoms with E-state index in [-0.39, 0.29) is 30.8 Å². The summed E-state index contributed by atoms with van der Waals surface area (Å²) in [5, 5.41) is 0. The number of rotatable bonds is 1. The van der Waals surface area contributed by atoms with Gasteiger partial charge in [-0.05, 0) is 0 Å². The predicted molar refractivity (Wildman–Crippen MR) is 24.2 cm³/mol. The van der Waals surface area contributed by atoms with E-state index in [1.165, 1.54) is 0 Å². The zero-order valence-corrected chi connectivity index (χ0v) is 7.05. The Morgan fingerprint density at radius 3 is 1.86 bits per heavy atom. The van der Waals surface area contributed by atoms with Gasteiger partial charge < -0.3 is 15.4 Å². The van der Waals surface area contributed by atoms with Gasteiger partial charge in [-0.25, -0.2) is 4.57 Å². The minimum atomic E-state index is -4.08. The van der Waals surface area contributed by atoms with Gasteiger partial charge in [0, 0.05) is 0 Å². The molecule has 0 aliphatic carbocycles. The minimum Gasteiger partial charge on any atom is -1.00 e. The topological polar surface area (TPSA) is 66.8 Å². The molecule has 0 aliphatic heterocycles. The molecule has 0 atom stereocenters. The maximum Gasteiger partial charge on any atom is 1.00 e. The molecule has 0 spiro atoms. The molecular formula is H6LiO4PSi. The summed E-state index contributed by atoms with van der Waals surface area (Å²) < 4.78 is 13.2. The molecule has 40 valence electrons. The van der Waals surface area contributed by atoms with Crippen molar-refractivity contribution in [2.75, 3.05) is 0 Å². The predicted octanol–water partition coefficient (Wildman–Crippen LogP) is -4.51. The fourth-order valence-corrected chi connectivity index (χ4v) is 0. The molecule has 0 aromatic heterocycles. The van der Waals surface area contributed by atoms with E-state index in [4.69, 9.17) is 9.79 Å². The van der Waals surface area contributed by atoms with Crippen molar-refractivity contribution in [3.05, 3.63) is 0 Å². The standard InChI is InChI=1S/Li.H5O4PSi.H/c;1-5(2,3)4-6;/h;6H3,(H2,1,2,3);/q+1;;-1. The van der Waals surface area contributed by atoms with Crippen LogP contribution in [0.5, 0.6) is 0 Å². The van der Waals surface area contributed by atoms with Crippen molar-refractivity contribution in [3.8, 4) is 0 Å². The minimum absolute atomic E-state index is 0. The van der Waals surface area contributed by atoms with Crippen LogP contribution in [-0.2, 0) is 8.78 Å². The molecule has 7 heavy (non-hydrogen) atoms. The normalized spacial score (nSPS) is 10.6. The largest absolute Gasteiger partial charge is 1.00 e. The smallest absolute Gasteiger partial charge is 1.00 e. The van der Waals surface area contributed by atoms with Gasteiger partial charge in [-0.15, -0.1) is 0 Å². The van der Waals surface area contributed by atoms with Crippen molar-refractivity contribution in [2.45, 2.75) is 0 Å². The first kappa shape index (κ1) is 10.8. The third-order valence-corrected chi connectivity index (χ3v) is 2.14. The van der Waals surface area contributed by atoms with E-state index in [1.807, 2.05) is 0 Å². The van der Waals surface area contributed by atoms with E-state index in [0.717, 1.165) is 0 Å². The van der Waals surface area contributed by atoms with E-state index in [1.54, 1.807) is 0 Å². The Bertz CT molecular complexity index is 80.1. The Morgan fingerprint density at radius 1 is 1.71 bits per heavy atom. The summed E-state index contributed by atoms with van der Waals surface area (Å²) in [6.45, 7) is 0. The molecule has 0 aliphatic rings. The average Bonchev–Trinajstić information content (AvgIpc) is 1.35. The van der Waals surface area contributed by atoms with E-state index < -0.39 is 7.82 Å². The van der Waals surface area contributed by atoms with Gasteiger partial charge in [-0.2, -0.15) is 0 Å². The van der Waals surface area contributed by atoms with Crippen LogP contribution in [0.3, 0.4) is 0 Å². The molecule has 0 amide bonds. The van der Waals surface area contributed by atoms with Crippen LogP contribution in [0.4, 0.5) is 0 Å². The summed E-state index contributed by atoms with van der Waals surface area (Å²) in [5.41, 5.74) is 0. The summed E-state index contributed by atoms with van der Waals surface area (Å²) in [4.78, 5) is 15.5. The molecule has 0 bridgehead atoms. The Hall–Kier alpha value is 0.924. The molecular weight excluding hydrogens is 130 g/mol. The maximum atomic E-state index is 9.51. The van der Waals surface area contributed by atoms with Crippen LogP contribution in [0.2, 0.25) is 0 Å².